The van der Waals surface area contributed by atoms with Gasteiger partial charge in [-0.2, -0.15) is 0 Å². The van der Waals surface area contributed by atoms with Gasteiger partial charge in [-0.1, -0.05) is 0 Å². The molecule has 0 aromatic rings. The van der Waals surface area contributed by atoms with E-state index in [-0.39, 0.29) is 5.48 Å². The molecular weight excluding hydrogens is 126 g/mol. The minimum atomic E-state index is -1.49. The molecule has 0 aromatic heterocycles. The molecule has 1 atom stereocenters. The molecule has 0 spiro atoms. The molecule has 0 saturated heterocycles. The molecular formula is C4H11NO4. The van der Waals surface area contributed by atoms with Gasteiger partial charge in [-0.25, -0.2) is 0 Å². The van der Waals surface area contributed by atoms with Crippen molar-refractivity contribution in [2.75, 3.05) is 6.61 Å². The van der Waals surface area contributed by atoms with Crippen LogP contribution in [0.4, 0.5) is 0 Å². The van der Waals surface area contributed by atoms with E-state index < -0.39 is 18.1 Å². The first kappa shape index (κ1) is 11.2. The van der Waals surface area contributed by atoms with Gasteiger partial charge in [0.1, 0.15) is 5.54 Å². The zero-order valence-corrected chi connectivity index (χ0v) is 5.09. The fourth-order valence-electron chi connectivity index (χ4n) is 0.0676. The molecule has 0 unspecified atom stereocenters. The highest BCUT2D eigenvalue weighted by molar-refractivity contribution is 5.77. The summed E-state index contributed by atoms with van der Waals surface area (Å²) < 4.78 is 0. The topological polar surface area (TPSA) is 115 Å². The van der Waals surface area contributed by atoms with Crippen LogP contribution in [0.3, 0.4) is 0 Å². The van der Waals surface area contributed by atoms with Gasteiger partial charge in [0, 0.05) is 0 Å². The third-order valence-electron chi connectivity index (χ3n) is 0.817. The van der Waals surface area contributed by atoms with E-state index in [9.17, 15) is 4.79 Å². The molecule has 0 amide bonds. The van der Waals surface area contributed by atoms with Crippen molar-refractivity contribution >= 4 is 5.97 Å². The van der Waals surface area contributed by atoms with E-state index in [4.69, 9.17) is 15.9 Å². The molecule has 0 aliphatic rings. The van der Waals surface area contributed by atoms with E-state index in [1.807, 2.05) is 0 Å². The number of aliphatic hydroxyl groups is 1. The van der Waals surface area contributed by atoms with Crippen LogP contribution in [0, 0.1) is 0 Å². The Morgan fingerprint density at radius 2 is 2.11 bits per heavy atom. The summed E-state index contributed by atoms with van der Waals surface area (Å²) in [5.74, 6) is -1.19. The van der Waals surface area contributed by atoms with Crippen molar-refractivity contribution in [2.45, 2.75) is 12.5 Å². The van der Waals surface area contributed by atoms with Crippen LogP contribution in [0.25, 0.3) is 0 Å². The average Bonchev–Trinajstić information content (AvgIpc) is 1.67. The highest BCUT2D eigenvalue weighted by atomic mass is 16.4. The van der Waals surface area contributed by atoms with Gasteiger partial charge < -0.3 is 21.4 Å². The molecule has 0 radical (unpaired) electrons. The second kappa shape index (κ2) is 3.39. The Labute approximate surface area is 52.4 Å². The van der Waals surface area contributed by atoms with Gasteiger partial charge in [0.15, 0.2) is 0 Å². The standard InChI is InChI=1S/C4H9NO3.H2O/c1-4(5,2-6)3(7)8;/h6H,2,5H2,1H3,(H,7,8);1H2/t4-;/m1./s1. The number of aliphatic carboxylic acids is 1. The lowest BCUT2D eigenvalue weighted by Gasteiger charge is -2.13. The van der Waals surface area contributed by atoms with E-state index >= 15 is 0 Å². The molecule has 0 saturated carbocycles. The minimum Gasteiger partial charge on any atom is -0.480 e. The van der Waals surface area contributed by atoms with Gasteiger partial charge in [-0.05, 0) is 6.92 Å². The first-order valence-corrected chi connectivity index (χ1v) is 2.14. The van der Waals surface area contributed by atoms with Crippen molar-refractivity contribution in [3.05, 3.63) is 0 Å². The summed E-state index contributed by atoms with van der Waals surface area (Å²) in [6, 6.07) is 0. The Balaban J connectivity index is 0. The highest BCUT2D eigenvalue weighted by Crippen LogP contribution is 1.94. The SMILES string of the molecule is C[C@@](N)(CO)C(=O)O.O. The number of aliphatic hydroxyl groups excluding tert-OH is 1. The number of hydrogen-bond acceptors (Lipinski definition) is 3. The number of rotatable bonds is 2. The molecule has 0 aromatic carbocycles. The summed E-state index contributed by atoms with van der Waals surface area (Å²) in [6.45, 7) is 0.706. The van der Waals surface area contributed by atoms with Crippen LogP contribution >= 0.6 is 0 Å². The highest BCUT2D eigenvalue weighted by Gasteiger charge is 2.25. The zero-order chi connectivity index (χ0) is 6.78. The minimum absolute atomic E-state index is 0. The van der Waals surface area contributed by atoms with Crippen molar-refractivity contribution < 1.29 is 20.5 Å². The molecule has 0 rings (SSSR count). The number of hydrogen-bond donors (Lipinski definition) is 3. The van der Waals surface area contributed by atoms with Gasteiger partial charge in [0.2, 0.25) is 0 Å². The van der Waals surface area contributed by atoms with Crippen LogP contribution in [-0.4, -0.2) is 33.8 Å². The van der Waals surface area contributed by atoms with Crippen LogP contribution in [-0.2, 0) is 4.79 Å². The maximum absolute atomic E-state index is 9.97. The third-order valence-corrected chi connectivity index (χ3v) is 0.817. The van der Waals surface area contributed by atoms with Gasteiger partial charge >= 0.3 is 5.97 Å². The van der Waals surface area contributed by atoms with Crippen molar-refractivity contribution in [3.63, 3.8) is 0 Å². The van der Waals surface area contributed by atoms with Gasteiger partial charge in [-0.15, -0.1) is 0 Å². The van der Waals surface area contributed by atoms with Crippen LogP contribution in [0.2, 0.25) is 0 Å². The zero-order valence-electron chi connectivity index (χ0n) is 5.09. The first-order chi connectivity index (χ1) is 3.50. The average molecular weight is 137 g/mol. The van der Waals surface area contributed by atoms with E-state index in [0.717, 1.165) is 0 Å². The molecule has 0 bridgehead atoms. The summed E-state index contributed by atoms with van der Waals surface area (Å²) in [5.41, 5.74) is 3.52. The van der Waals surface area contributed by atoms with Crippen LogP contribution in [0.5, 0.6) is 0 Å². The van der Waals surface area contributed by atoms with Crippen LogP contribution in [0.15, 0.2) is 0 Å². The molecule has 0 fully saturated rings. The first-order valence-electron chi connectivity index (χ1n) is 2.14. The summed E-state index contributed by atoms with van der Waals surface area (Å²) in [7, 11) is 0. The maximum atomic E-state index is 9.97. The van der Waals surface area contributed by atoms with Gasteiger partial charge in [0.05, 0.1) is 6.61 Å². The van der Waals surface area contributed by atoms with Crippen molar-refractivity contribution in [2.24, 2.45) is 5.73 Å². The van der Waals surface area contributed by atoms with Crippen LogP contribution < -0.4 is 5.73 Å². The molecule has 0 aliphatic carbocycles. The second-order valence-electron chi connectivity index (χ2n) is 1.88. The quantitative estimate of drug-likeness (QED) is 0.406. The van der Waals surface area contributed by atoms with Crippen molar-refractivity contribution in [1.82, 2.24) is 0 Å². The lowest BCUT2D eigenvalue weighted by atomic mass is 10.1. The Morgan fingerprint density at radius 1 is 1.78 bits per heavy atom. The molecule has 5 nitrogen and oxygen atoms in total. The Hall–Kier alpha value is -0.650. The number of nitrogens with two attached hydrogens (primary N) is 1. The van der Waals surface area contributed by atoms with Gasteiger partial charge in [0.25, 0.3) is 0 Å². The lowest BCUT2D eigenvalue weighted by Crippen LogP contribution is -2.48. The lowest BCUT2D eigenvalue weighted by molar-refractivity contribution is -0.144. The van der Waals surface area contributed by atoms with E-state index in [1.165, 1.54) is 6.92 Å². The third kappa shape index (κ3) is 3.02. The molecule has 5 heteroatoms. The van der Waals surface area contributed by atoms with Crippen molar-refractivity contribution in [1.29, 1.82) is 0 Å². The Bertz CT molecular complexity index is 101. The molecule has 9 heavy (non-hydrogen) atoms. The normalized spacial score (nSPS) is 15.4. The summed E-state index contributed by atoms with van der Waals surface area (Å²) >= 11 is 0. The monoisotopic (exact) mass is 137 g/mol. The molecule has 6 N–H and O–H groups in total. The smallest absolute Gasteiger partial charge is 0.325 e. The van der Waals surface area contributed by atoms with Gasteiger partial charge in [-0.3, -0.25) is 4.79 Å². The Kier molecular flexibility index (Phi) is 4.21. The summed E-state index contributed by atoms with van der Waals surface area (Å²) in [4.78, 5) is 9.97. The van der Waals surface area contributed by atoms with Crippen LogP contribution in [0.1, 0.15) is 6.92 Å². The predicted octanol–water partition coefficient (Wildman–Crippen LogP) is -2.04. The van der Waals surface area contributed by atoms with E-state index in [0.29, 0.717) is 0 Å². The van der Waals surface area contributed by atoms with Crippen molar-refractivity contribution in [3.8, 4) is 0 Å². The number of carboxylic acids is 1. The molecule has 0 aliphatic heterocycles. The molecule has 0 heterocycles. The molecule has 56 valence electrons. The fourth-order valence-corrected chi connectivity index (χ4v) is 0.0676. The fraction of sp³-hybridized carbons (Fsp3) is 0.750. The second-order valence-corrected chi connectivity index (χ2v) is 1.88. The summed E-state index contributed by atoms with van der Waals surface area (Å²) in [6.07, 6.45) is 0. The number of carbonyl (C=O) groups is 1. The largest absolute Gasteiger partial charge is 0.480 e. The number of carboxylic acid groups (broad SMARTS) is 1. The van der Waals surface area contributed by atoms with E-state index in [2.05, 4.69) is 0 Å². The maximum Gasteiger partial charge on any atom is 0.325 e. The Morgan fingerprint density at radius 3 is 2.11 bits per heavy atom. The predicted molar refractivity (Wildman–Crippen MR) is 30.9 cm³/mol. The summed E-state index contributed by atoms with van der Waals surface area (Å²) in [5, 5.41) is 16.4. The van der Waals surface area contributed by atoms with E-state index in [1.54, 1.807) is 0 Å².